The summed E-state index contributed by atoms with van der Waals surface area (Å²) in [5.41, 5.74) is -0.907. The molecule has 0 aliphatic carbocycles. The third-order valence-electron chi connectivity index (χ3n) is 2.47. The maximum absolute atomic E-state index is 11.7. The van der Waals surface area contributed by atoms with Crippen LogP contribution in [0, 0.1) is 0 Å². The predicted octanol–water partition coefficient (Wildman–Crippen LogP) is -0.194. The molecule has 7 nitrogen and oxygen atoms in total. The number of rotatable bonds is 5. The second-order valence-corrected chi connectivity index (χ2v) is 4.36. The number of amides is 3. The van der Waals surface area contributed by atoms with E-state index in [1.807, 2.05) is 0 Å². The van der Waals surface area contributed by atoms with Crippen LogP contribution in [0.25, 0.3) is 0 Å². The molecular formula is C10H16N2O5. The number of ether oxygens (including phenoxy) is 1. The lowest BCUT2D eigenvalue weighted by Crippen LogP contribution is -2.40. The number of hydrogen-bond acceptors (Lipinski definition) is 4. The Hall–Kier alpha value is -1.63. The number of carboxylic acid groups (broad SMARTS) is 1. The number of carbonyl (C=O) groups is 3. The summed E-state index contributed by atoms with van der Waals surface area (Å²) >= 11 is 0. The Bertz CT molecular complexity index is 353. The first-order chi connectivity index (χ1) is 7.75. The molecule has 1 aliphatic heterocycles. The van der Waals surface area contributed by atoms with Crippen molar-refractivity contribution in [3.8, 4) is 0 Å². The second kappa shape index (κ2) is 4.70. The van der Waals surface area contributed by atoms with Crippen molar-refractivity contribution in [2.24, 2.45) is 0 Å². The largest absolute Gasteiger partial charge is 0.479 e. The highest BCUT2D eigenvalue weighted by Crippen LogP contribution is 2.15. The van der Waals surface area contributed by atoms with E-state index >= 15 is 0 Å². The van der Waals surface area contributed by atoms with E-state index < -0.39 is 23.6 Å². The van der Waals surface area contributed by atoms with E-state index in [0.29, 0.717) is 0 Å². The normalized spacial score (nSPS) is 20.3. The van der Waals surface area contributed by atoms with Gasteiger partial charge in [-0.05, 0) is 20.8 Å². The summed E-state index contributed by atoms with van der Waals surface area (Å²) < 4.78 is 4.96. The van der Waals surface area contributed by atoms with Crippen LogP contribution in [0.5, 0.6) is 0 Å². The molecular weight excluding hydrogens is 228 g/mol. The maximum atomic E-state index is 11.7. The summed E-state index contributed by atoms with van der Waals surface area (Å²) in [6, 6.07) is -0.480. The number of carbonyl (C=O) groups excluding carboxylic acids is 2. The van der Waals surface area contributed by atoms with Gasteiger partial charge >= 0.3 is 12.0 Å². The van der Waals surface area contributed by atoms with Crippen LogP contribution in [-0.2, 0) is 14.3 Å². The van der Waals surface area contributed by atoms with Crippen molar-refractivity contribution in [3.05, 3.63) is 0 Å². The van der Waals surface area contributed by atoms with Crippen LogP contribution < -0.4 is 5.32 Å². The number of nitrogens with one attached hydrogen (secondary N) is 1. The van der Waals surface area contributed by atoms with Crippen molar-refractivity contribution in [1.82, 2.24) is 10.2 Å². The van der Waals surface area contributed by atoms with Gasteiger partial charge in [0.1, 0.15) is 5.54 Å². The number of carboxylic acids is 1. The third-order valence-corrected chi connectivity index (χ3v) is 2.47. The van der Waals surface area contributed by atoms with E-state index in [1.165, 1.54) is 6.92 Å². The van der Waals surface area contributed by atoms with Crippen LogP contribution in [0.15, 0.2) is 0 Å². The molecule has 3 amide bonds. The van der Waals surface area contributed by atoms with E-state index in [4.69, 9.17) is 9.84 Å². The SMILES string of the molecule is C[C@H](OCCN1C(=O)NC(C)(C)C1=O)C(=O)O. The zero-order valence-corrected chi connectivity index (χ0v) is 10.0. The highest BCUT2D eigenvalue weighted by atomic mass is 16.5. The van der Waals surface area contributed by atoms with Gasteiger partial charge in [-0.1, -0.05) is 0 Å². The quantitative estimate of drug-likeness (QED) is 0.653. The second-order valence-electron chi connectivity index (χ2n) is 4.36. The fourth-order valence-electron chi connectivity index (χ4n) is 1.41. The van der Waals surface area contributed by atoms with Crippen LogP contribution >= 0.6 is 0 Å². The Labute approximate surface area is 98.7 Å². The summed E-state index contributed by atoms with van der Waals surface area (Å²) in [5, 5.41) is 11.1. The van der Waals surface area contributed by atoms with Crippen molar-refractivity contribution in [1.29, 1.82) is 0 Å². The molecule has 0 bridgehead atoms. The number of nitrogens with zero attached hydrogens (tertiary/aromatic N) is 1. The van der Waals surface area contributed by atoms with Gasteiger partial charge in [-0.3, -0.25) is 9.69 Å². The first-order valence-corrected chi connectivity index (χ1v) is 5.24. The molecule has 1 saturated heterocycles. The van der Waals surface area contributed by atoms with Gasteiger partial charge in [0.25, 0.3) is 5.91 Å². The van der Waals surface area contributed by atoms with E-state index in [0.717, 1.165) is 4.90 Å². The molecule has 7 heteroatoms. The van der Waals surface area contributed by atoms with E-state index in [1.54, 1.807) is 13.8 Å². The molecule has 2 N–H and O–H groups in total. The molecule has 1 rings (SSSR count). The van der Waals surface area contributed by atoms with E-state index in [2.05, 4.69) is 5.32 Å². The Morgan fingerprint density at radius 1 is 1.53 bits per heavy atom. The standard InChI is InChI=1S/C10H16N2O5/c1-6(7(13)14)17-5-4-12-8(15)10(2,3)11-9(12)16/h6H,4-5H2,1-3H3,(H,11,16)(H,13,14)/t6-/m0/s1. The Kier molecular flexibility index (Phi) is 3.72. The molecule has 0 saturated carbocycles. The number of hydrogen-bond donors (Lipinski definition) is 2. The first-order valence-electron chi connectivity index (χ1n) is 5.24. The fourth-order valence-corrected chi connectivity index (χ4v) is 1.41. The molecule has 0 aromatic carbocycles. The first kappa shape index (κ1) is 13.4. The van der Waals surface area contributed by atoms with Crippen LogP contribution in [0.2, 0.25) is 0 Å². The van der Waals surface area contributed by atoms with Crippen molar-refractivity contribution >= 4 is 17.9 Å². The average Bonchev–Trinajstić information content (AvgIpc) is 2.39. The molecule has 0 spiro atoms. The third kappa shape index (κ3) is 2.94. The lowest BCUT2D eigenvalue weighted by atomic mass is 10.1. The molecule has 0 radical (unpaired) electrons. The highest BCUT2D eigenvalue weighted by Gasteiger charge is 2.43. The van der Waals surface area contributed by atoms with E-state index in [-0.39, 0.29) is 19.1 Å². The Morgan fingerprint density at radius 2 is 2.12 bits per heavy atom. The van der Waals surface area contributed by atoms with Crippen LogP contribution in [0.1, 0.15) is 20.8 Å². The molecule has 17 heavy (non-hydrogen) atoms. The smallest absolute Gasteiger partial charge is 0.332 e. The maximum Gasteiger partial charge on any atom is 0.332 e. The minimum atomic E-state index is -1.08. The zero-order valence-electron chi connectivity index (χ0n) is 10.0. The predicted molar refractivity (Wildman–Crippen MR) is 57.4 cm³/mol. The average molecular weight is 244 g/mol. The molecule has 1 atom stereocenters. The Morgan fingerprint density at radius 3 is 2.53 bits per heavy atom. The zero-order chi connectivity index (χ0) is 13.2. The van der Waals surface area contributed by atoms with Gasteiger partial charge in [0.2, 0.25) is 0 Å². The topological polar surface area (TPSA) is 95.9 Å². The van der Waals surface area contributed by atoms with Gasteiger partial charge in [0.05, 0.1) is 13.2 Å². The van der Waals surface area contributed by atoms with Gasteiger partial charge in [-0.2, -0.15) is 0 Å². The molecule has 1 aliphatic rings. The summed E-state index contributed by atoms with van der Waals surface area (Å²) in [6.07, 6.45) is -0.955. The van der Waals surface area contributed by atoms with Gasteiger partial charge < -0.3 is 15.2 Å². The summed E-state index contributed by atoms with van der Waals surface area (Å²) in [5.74, 6) is -1.42. The van der Waals surface area contributed by atoms with Crippen molar-refractivity contribution in [2.45, 2.75) is 32.4 Å². The van der Waals surface area contributed by atoms with Crippen molar-refractivity contribution < 1.29 is 24.2 Å². The molecule has 1 heterocycles. The fraction of sp³-hybridized carbons (Fsp3) is 0.700. The molecule has 0 unspecified atom stereocenters. The molecule has 96 valence electrons. The molecule has 0 aromatic heterocycles. The van der Waals surface area contributed by atoms with E-state index in [9.17, 15) is 14.4 Å². The van der Waals surface area contributed by atoms with Crippen molar-refractivity contribution in [3.63, 3.8) is 0 Å². The summed E-state index contributed by atoms with van der Waals surface area (Å²) in [4.78, 5) is 34.6. The lowest BCUT2D eigenvalue weighted by molar-refractivity contribution is -0.149. The van der Waals surface area contributed by atoms with Crippen molar-refractivity contribution in [2.75, 3.05) is 13.2 Å². The molecule has 0 aromatic rings. The van der Waals surface area contributed by atoms with Crippen LogP contribution in [-0.4, -0.2) is 52.7 Å². The minimum absolute atomic E-state index is 0.00269. The van der Waals surface area contributed by atoms with Crippen LogP contribution in [0.3, 0.4) is 0 Å². The van der Waals surface area contributed by atoms with Gasteiger partial charge in [0, 0.05) is 0 Å². The number of urea groups is 1. The summed E-state index contributed by atoms with van der Waals surface area (Å²) in [7, 11) is 0. The van der Waals surface area contributed by atoms with Gasteiger partial charge in [-0.15, -0.1) is 0 Å². The van der Waals surface area contributed by atoms with Gasteiger partial charge in [0.15, 0.2) is 6.10 Å². The summed E-state index contributed by atoms with van der Waals surface area (Å²) in [6.45, 7) is 4.65. The lowest BCUT2D eigenvalue weighted by Gasteiger charge is -2.16. The minimum Gasteiger partial charge on any atom is -0.479 e. The highest BCUT2D eigenvalue weighted by molar-refractivity contribution is 6.06. The monoisotopic (exact) mass is 244 g/mol. The molecule has 1 fully saturated rings. The number of imide groups is 1. The van der Waals surface area contributed by atoms with Crippen LogP contribution in [0.4, 0.5) is 4.79 Å². The number of aliphatic carboxylic acids is 1. The Balaban J connectivity index is 2.46. The van der Waals surface area contributed by atoms with Gasteiger partial charge in [-0.25, -0.2) is 9.59 Å².